The van der Waals surface area contributed by atoms with Crippen LogP contribution in [0.2, 0.25) is 0 Å². The second kappa shape index (κ2) is 8.11. The van der Waals surface area contributed by atoms with Crippen molar-refractivity contribution in [3.05, 3.63) is 16.1 Å². The Balaban J connectivity index is 2.67. The van der Waals surface area contributed by atoms with E-state index in [9.17, 15) is 4.79 Å². The summed E-state index contributed by atoms with van der Waals surface area (Å²) in [6.07, 6.45) is 1.30. The first kappa shape index (κ1) is 19.9. The molecule has 23 heavy (non-hydrogen) atoms. The lowest BCUT2D eigenvalue weighted by Crippen LogP contribution is -2.55. The standard InChI is InChI=1S/C17H31N3O2S/c1-8-17(9-2,20-15(21)22-16(5,6)7)11-18-12(3)14-10-23-13(4)19-14/h10,12,18H,8-9,11H2,1-7H3,(H,20,21). The molecule has 5 nitrogen and oxygen atoms in total. The minimum Gasteiger partial charge on any atom is -0.444 e. The third kappa shape index (κ3) is 6.47. The minimum atomic E-state index is -0.490. The first-order valence-electron chi connectivity index (χ1n) is 8.27. The number of carbonyl (C=O) groups excluding carboxylic acids is 1. The third-order valence-electron chi connectivity index (χ3n) is 3.95. The molecule has 0 bridgehead atoms. The molecule has 0 aliphatic rings. The van der Waals surface area contributed by atoms with Crippen LogP contribution < -0.4 is 10.6 Å². The number of aromatic nitrogens is 1. The summed E-state index contributed by atoms with van der Waals surface area (Å²) in [7, 11) is 0. The van der Waals surface area contributed by atoms with E-state index < -0.39 is 5.60 Å². The van der Waals surface area contributed by atoms with Gasteiger partial charge >= 0.3 is 6.09 Å². The quantitative estimate of drug-likeness (QED) is 0.781. The summed E-state index contributed by atoms with van der Waals surface area (Å²) in [6, 6.07) is 0.151. The molecule has 0 saturated carbocycles. The molecule has 0 fully saturated rings. The normalized spacial score (nSPS) is 13.7. The monoisotopic (exact) mass is 341 g/mol. The lowest BCUT2D eigenvalue weighted by atomic mass is 9.92. The van der Waals surface area contributed by atoms with Crippen LogP contribution in [0, 0.1) is 6.92 Å². The number of hydrogen-bond acceptors (Lipinski definition) is 5. The molecule has 6 heteroatoms. The van der Waals surface area contributed by atoms with E-state index in [1.54, 1.807) is 11.3 Å². The molecule has 132 valence electrons. The highest BCUT2D eigenvalue weighted by molar-refractivity contribution is 7.09. The number of alkyl carbamates (subject to hydrolysis) is 1. The maximum Gasteiger partial charge on any atom is 0.408 e. The summed E-state index contributed by atoms with van der Waals surface area (Å²) in [5.41, 5.74) is 0.239. The van der Waals surface area contributed by atoms with Crippen molar-refractivity contribution < 1.29 is 9.53 Å². The fourth-order valence-electron chi connectivity index (χ4n) is 2.27. The molecule has 1 unspecified atom stereocenters. The van der Waals surface area contributed by atoms with Gasteiger partial charge in [0.1, 0.15) is 5.60 Å². The molecule has 1 aromatic heterocycles. The highest BCUT2D eigenvalue weighted by Crippen LogP contribution is 2.20. The summed E-state index contributed by atoms with van der Waals surface area (Å²) >= 11 is 1.65. The van der Waals surface area contributed by atoms with Gasteiger partial charge in [-0.3, -0.25) is 0 Å². The van der Waals surface area contributed by atoms with E-state index in [1.165, 1.54) is 0 Å². The number of carbonyl (C=O) groups is 1. The van der Waals surface area contributed by atoms with Gasteiger partial charge in [0.25, 0.3) is 0 Å². The number of rotatable bonds is 7. The molecule has 1 atom stereocenters. The molecule has 1 rings (SSSR count). The van der Waals surface area contributed by atoms with E-state index in [4.69, 9.17) is 4.74 Å². The predicted octanol–water partition coefficient (Wildman–Crippen LogP) is 4.19. The van der Waals surface area contributed by atoms with Crippen LogP contribution in [0.3, 0.4) is 0 Å². The van der Waals surface area contributed by atoms with Gasteiger partial charge in [-0.25, -0.2) is 9.78 Å². The number of nitrogens with one attached hydrogen (secondary N) is 2. The maximum absolute atomic E-state index is 12.1. The maximum atomic E-state index is 12.1. The van der Waals surface area contributed by atoms with Crippen molar-refractivity contribution in [1.82, 2.24) is 15.6 Å². The first-order chi connectivity index (χ1) is 10.6. The second-order valence-electron chi connectivity index (χ2n) is 7.01. The van der Waals surface area contributed by atoms with Crippen molar-refractivity contribution in [2.24, 2.45) is 0 Å². The van der Waals surface area contributed by atoms with Crippen molar-refractivity contribution in [1.29, 1.82) is 0 Å². The van der Waals surface area contributed by atoms with Gasteiger partial charge in [-0.15, -0.1) is 11.3 Å². The van der Waals surface area contributed by atoms with Gasteiger partial charge in [-0.2, -0.15) is 0 Å². The molecule has 0 spiro atoms. The van der Waals surface area contributed by atoms with Crippen LogP contribution in [0.25, 0.3) is 0 Å². The van der Waals surface area contributed by atoms with Crippen molar-refractivity contribution in [2.45, 2.75) is 78.5 Å². The van der Waals surface area contributed by atoms with Gasteiger partial charge < -0.3 is 15.4 Å². The molecule has 0 aliphatic heterocycles. The Morgan fingerprint density at radius 2 is 1.96 bits per heavy atom. The van der Waals surface area contributed by atoms with Gasteiger partial charge in [0, 0.05) is 18.0 Å². The summed E-state index contributed by atoms with van der Waals surface area (Å²) in [5.74, 6) is 0. The van der Waals surface area contributed by atoms with Crippen molar-refractivity contribution in [2.75, 3.05) is 6.54 Å². The molecule has 1 heterocycles. The number of aryl methyl sites for hydroxylation is 1. The Morgan fingerprint density at radius 3 is 2.39 bits per heavy atom. The molecule has 0 saturated heterocycles. The van der Waals surface area contributed by atoms with E-state index in [-0.39, 0.29) is 17.7 Å². The number of hydrogen-bond donors (Lipinski definition) is 2. The van der Waals surface area contributed by atoms with Crippen LogP contribution in [0.1, 0.15) is 71.1 Å². The Morgan fingerprint density at radius 1 is 1.35 bits per heavy atom. The Kier molecular flexibility index (Phi) is 7.02. The van der Waals surface area contributed by atoms with Gasteiger partial charge in [0.15, 0.2) is 0 Å². The fourth-order valence-corrected chi connectivity index (χ4v) is 2.98. The van der Waals surface area contributed by atoms with Crippen molar-refractivity contribution in [3.63, 3.8) is 0 Å². The van der Waals surface area contributed by atoms with Crippen molar-refractivity contribution in [3.8, 4) is 0 Å². The lowest BCUT2D eigenvalue weighted by molar-refractivity contribution is 0.0444. The van der Waals surface area contributed by atoms with Crippen LogP contribution in [-0.4, -0.2) is 28.8 Å². The number of nitrogens with zero attached hydrogens (tertiary/aromatic N) is 1. The lowest BCUT2D eigenvalue weighted by Gasteiger charge is -2.35. The molecule has 0 aromatic carbocycles. The van der Waals surface area contributed by atoms with E-state index >= 15 is 0 Å². The second-order valence-corrected chi connectivity index (χ2v) is 8.07. The van der Waals surface area contributed by atoms with Gasteiger partial charge in [-0.1, -0.05) is 13.8 Å². The molecule has 0 aliphatic carbocycles. The van der Waals surface area contributed by atoms with Crippen LogP contribution in [0.4, 0.5) is 4.79 Å². The zero-order valence-electron chi connectivity index (χ0n) is 15.4. The highest BCUT2D eigenvalue weighted by Gasteiger charge is 2.30. The van der Waals surface area contributed by atoms with Crippen LogP contribution >= 0.6 is 11.3 Å². The molecule has 0 radical (unpaired) electrons. The van der Waals surface area contributed by atoms with Crippen LogP contribution in [0.15, 0.2) is 5.38 Å². The Labute approximate surface area is 144 Å². The third-order valence-corrected chi connectivity index (χ3v) is 4.74. The predicted molar refractivity (Wildman–Crippen MR) is 96.0 cm³/mol. The molecule has 1 aromatic rings. The SMILES string of the molecule is CCC(CC)(CNC(C)c1csc(C)n1)NC(=O)OC(C)(C)C. The molecular weight excluding hydrogens is 310 g/mol. The first-order valence-corrected chi connectivity index (χ1v) is 9.15. The average Bonchev–Trinajstić information content (AvgIpc) is 2.88. The fraction of sp³-hybridized carbons (Fsp3) is 0.765. The molecule has 2 N–H and O–H groups in total. The number of thiazole rings is 1. The van der Waals surface area contributed by atoms with Crippen LogP contribution in [-0.2, 0) is 4.74 Å². The van der Waals surface area contributed by atoms with Crippen molar-refractivity contribution >= 4 is 17.4 Å². The topological polar surface area (TPSA) is 63.2 Å². The van der Waals surface area contributed by atoms with Crippen LogP contribution in [0.5, 0.6) is 0 Å². The minimum absolute atomic E-state index is 0.151. The zero-order chi connectivity index (χ0) is 17.7. The Hall–Kier alpha value is -1.14. The number of ether oxygens (including phenoxy) is 1. The molecular formula is C17H31N3O2S. The van der Waals surface area contributed by atoms with Gasteiger partial charge in [-0.05, 0) is 47.5 Å². The van der Waals surface area contributed by atoms with E-state index in [0.717, 1.165) is 23.5 Å². The Bertz CT molecular complexity index is 504. The summed E-state index contributed by atoms with van der Waals surface area (Å²) < 4.78 is 5.40. The van der Waals surface area contributed by atoms with Gasteiger partial charge in [0.2, 0.25) is 0 Å². The molecule has 1 amide bonds. The largest absolute Gasteiger partial charge is 0.444 e. The van der Waals surface area contributed by atoms with E-state index in [1.807, 2.05) is 27.7 Å². The van der Waals surface area contributed by atoms with E-state index in [0.29, 0.717) is 6.54 Å². The average molecular weight is 342 g/mol. The summed E-state index contributed by atoms with van der Waals surface area (Å²) in [4.78, 5) is 16.7. The van der Waals surface area contributed by atoms with E-state index in [2.05, 4.69) is 41.8 Å². The van der Waals surface area contributed by atoms with Gasteiger partial charge in [0.05, 0.1) is 16.2 Å². The highest BCUT2D eigenvalue weighted by atomic mass is 32.1. The summed E-state index contributed by atoms with van der Waals surface area (Å²) in [5, 5.41) is 9.70. The number of amides is 1. The summed E-state index contributed by atoms with van der Waals surface area (Å²) in [6.45, 7) is 14.6. The zero-order valence-corrected chi connectivity index (χ0v) is 16.3. The smallest absolute Gasteiger partial charge is 0.408 e.